The maximum absolute atomic E-state index is 13.6. The normalized spacial score (nSPS) is 23.4. The van der Waals surface area contributed by atoms with Crippen LogP contribution < -0.4 is 4.74 Å². The van der Waals surface area contributed by atoms with Crippen molar-refractivity contribution in [2.75, 3.05) is 26.7 Å². The van der Waals surface area contributed by atoms with E-state index in [1.54, 1.807) is 30.0 Å². The molecule has 0 spiro atoms. The highest BCUT2D eigenvalue weighted by atomic mass is 32.2. The highest BCUT2D eigenvalue weighted by Crippen LogP contribution is 2.34. The van der Waals surface area contributed by atoms with E-state index in [9.17, 15) is 18.3 Å². The Balaban J connectivity index is 1.96. The van der Waals surface area contributed by atoms with Gasteiger partial charge in [-0.2, -0.15) is 4.31 Å². The number of carbonyl (C=O) groups is 1. The quantitative estimate of drug-likeness (QED) is 0.578. The first kappa shape index (κ1) is 28.5. The van der Waals surface area contributed by atoms with Gasteiger partial charge in [0.2, 0.25) is 15.9 Å². The zero-order valence-electron chi connectivity index (χ0n) is 22.4. The number of aliphatic hydroxyl groups is 1. The van der Waals surface area contributed by atoms with Crippen molar-refractivity contribution in [3.05, 3.63) is 23.8 Å². The number of amides is 1. The van der Waals surface area contributed by atoms with Crippen LogP contribution in [-0.4, -0.2) is 67.5 Å². The molecule has 0 unspecified atom stereocenters. The van der Waals surface area contributed by atoms with E-state index in [1.165, 1.54) is 10.7 Å². The molecule has 1 heterocycles. The Bertz CT molecular complexity index is 1070. The Morgan fingerprint density at radius 1 is 1.22 bits per heavy atom. The van der Waals surface area contributed by atoms with Crippen molar-refractivity contribution in [1.82, 2.24) is 9.21 Å². The van der Waals surface area contributed by atoms with Crippen molar-refractivity contribution in [2.45, 2.75) is 83.3 Å². The van der Waals surface area contributed by atoms with Gasteiger partial charge in [-0.3, -0.25) is 4.79 Å². The van der Waals surface area contributed by atoms with Gasteiger partial charge in [0.1, 0.15) is 16.7 Å². The molecule has 1 aliphatic heterocycles. The molecule has 1 saturated carbocycles. The summed E-state index contributed by atoms with van der Waals surface area (Å²) in [7, 11) is -2.09. The Labute approximate surface area is 217 Å². The van der Waals surface area contributed by atoms with Crippen molar-refractivity contribution in [3.8, 4) is 17.6 Å². The zero-order valence-corrected chi connectivity index (χ0v) is 23.2. The molecule has 1 fully saturated rings. The van der Waals surface area contributed by atoms with E-state index in [0.717, 1.165) is 32.1 Å². The van der Waals surface area contributed by atoms with E-state index in [0.29, 0.717) is 18.0 Å². The third-order valence-corrected chi connectivity index (χ3v) is 9.21. The van der Waals surface area contributed by atoms with Crippen LogP contribution in [0.1, 0.15) is 71.8 Å². The summed E-state index contributed by atoms with van der Waals surface area (Å²) in [5, 5.41) is 9.82. The van der Waals surface area contributed by atoms with E-state index in [-0.39, 0.29) is 41.5 Å². The van der Waals surface area contributed by atoms with Gasteiger partial charge < -0.3 is 14.7 Å². The monoisotopic (exact) mass is 518 g/mol. The van der Waals surface area contributed by atoms with E-state index in [2.05, 4.69) is 25.7 Å². The van der Waals surface area contributed by atoms with E-state index < -0.39 is 22.2 Å². The minimum Gasteiger partial charge on any atom is -0.487 e. The lowest BCUT2D eigenvalue weighted by molar-refractivity contribution is -0.136. The van der Waals surface area contributed by atoms with Crippen LogP contribution in [0, 0.1) is 29.6 Å². The molecular weight excluding hydrogens is 476 g/mol. The van der Waals surface area contributed by atoms with Gasteiger partial charge in [0.15, 0.2) is 0 Å². The first-order valence-corrected chi connectivity index (χ1v) is 14.7. The number of nitrogens with zero attached hydrogens (tertiary/aromatic N) is 2. The third kappa shape index (κ3) is 6.81. The molecule has 8 heteroatoms. The number of sulfonamides is 1. The number of likely N-dealkylation sites (N-methyl/N-ethyl adjacent to an activating group) is 1. The fourth-order valence-electron chi connectivity index (χ4n) is 4.90. The minimum atomic E-state index is -3.90. The number of aliphatic hydroxyl groups excluding tert-OH is 1. The molecule has 0 saturated heterocycles. The van der Waals surface area contributed by atoms with Gasteiger partial charge in [0, 0.05) is 43.5 Å². The average molecular weight is 519 g/mol. The van der Waals surface area contributed by atoms with Crippen molar-refractivity contribution in [3.63, 3.8) is 0 Å². The molecule has 0 radical (unpaired) electrons. The largest absolute Gasteiger partial charge is 0.487 e. The van der Waals surface area contributed by atoms with Gasteiger partial charge in [-0.15, -0.1) is 0 Å². The highest BCUT2D eigenvalue weighted by Gasteiger charge is 2.38. The van der Waals surface area contributed by atoms with Crippen LogP contribution in [-0.2, 0) is 14.8 Å². The lowest BCUT2D eigenvalue weighted by atomic mass is 9.88. The number of rotatable bonds is 6. The van der Waals surface area contributed by atoms with Crippen LogP contribution in [0.4, 0.5) is 0 Å². The predicted molar refractivity (Wildman–Crippen MR) is 141 cm³/mol. The molecule has 3 atom stereocenters. The van der Waals surface area contributed by atoms with Crippen molar-refractivity contribution in [2.24, 2.45) is 17.8 Å². The number of ether oxygens (including phenoxy) is 1. The molecule has 0 aromatic heterocycles. The highest BCUT2D eigenvalue weighted by molar-refractivity contribution is 7.89. The van der Waals surface area contributed by atoms with Gasteiger partial charge in [-0.1, -0.05) is 51.9 Å². The van der Waals surface area contributed by atoms with Gasteiger partial charge in [0.05, 0.1) is 13.2 Å². The van der Waals surface area contributed by atoms with E-state index in [1.807, 2.05) is 14.0 Å². The third-order valence-electron chi connectivity index (χ3n) is 7.19. The Kier molecular flexibility index (Phi) is 9.85. The van der Waals surface area contributed by atoms with Crippen LogP contribution in [0.15, 0.2) is 23.1 Å². The van der Waals surface area contributed by atoms with Crippen molar-refractivity contribution < 1.29 is 23.1 Å². The zero-order chi connectivity index (χ0) is 26.5. The Hall–Kier alpha value is -2.08. The molecule has 1 aromatic rings. The first-order chi connectivity index (χ1) is 17.0. The number of hydrogen-bond acceptors (Lipinski definition) is 5. The summed E-state index contributed by atoms with van der Waals surface area (Å²) in [5.41, 5.74) is 0.685. The summed E-state index contributed by atoms with van der Waals surface area (Å²) >= 11 is 0. The summed E-state index contributed by atoms with van der Waals surface area (Å²) in [6.45, 7) is 8.10. The van der Waals surface area contributed by atoms with Crippen LogP contribution in [0.3, 0.4) is 0 Å². The van der Waals surface area contributed by atoms with Crippen LogP contribution in [0.5, 0.6) is 5.75 Å². The van der Waals surface area contributed by atoms with Crippen LogP contribution in [0.2, 0.25) is 0 Å². The number of carbonyl (C=O) groups excluding carboxylic acids is 1. The number of fused-ring (bicyclic) bond motifs is 1. The lowest BCUT2D eigenvalue weighted by Gasteiger charge is -2.38. The minimum absolute atomic E-state index is 0.0500. The van der Waals surface area contributed by atoms with Gasteiger partial charge in [-0.25, -0.2) is 8.42 Å². The lowest BCUT2D eigenvalue weighted by Crippen LogP contribution is -2.50. The van der Waals surface area contributed by atoms with E-state index >= 15 is 0 Å². The van der Waals surface area contributed by atoms with Crippen molar-refractivity contribution in [1.29, 1.82) is 0 Å². The molecule has 36 heavy (non-hydrogen) atoms. The maximum atomic E-state index is 13.6. The smallest absolute Gasteiger partial charge is 0.247 e. The number of hydrogen-bond donors (Lipinski definition) is 1. The van der Waals surface area contributed by atoms with E-state index in [4.69, 9.17) is 4.74 Å². The predicted octanol–water partition coefficient (Wildman–Crippen LogP) is 3.89. The summed E-state index contributed by atoms with van der Waals surface area (Å²) in [6, 6.07) is 4.35. The standard InChI is InChI=1S/C28H42N2O5S/c1-20(2)10-9-11-23-14-15-27-25(16-23)35-26(18-29(5)28(32)24-12-7-6-8-13-24)21(3)17-30(22(4)19-31)36(27,33)34/h14-16,20-22,24,26,31H,6-8,10,12-13,17-19H2,1-5H3/t21-,22-,26-/m0/s1. The molecule has 3 rings (SSSR count). The summed E-state index contributed by atoms with van der Waals surface area (Å²) in [6.07, 6.45) is 5.52. The summed E-state index contributed by atoms with van der Waals surface area (Å²) in [5.74, 6) is 6.93. The maximum Gasteiger partial charge on any atom is 0.247 e. The fraction of sp³-hybridized carbons (Fsp3) is 0.679. The molecule has 1 aliphatic carbocycles. The second-order valence-corrected chi connectivity index (χ2v) is 12.7. The summed E-state index contributed by atoms with van der Waals surface area (Å²) < 4.78 is 35.0. The second kappa shape index (κ2) is 12.4. The molecule has 1 amide bonds. The molecule has 7 nitrogen and oxygen atoms in total. The summed E-state index contributed by atoms with van der Waals surface area (Å²) in [4.78, 5) is 15.0. The van der Waals surface area contributed by atoms with Gasteiger partial charge in [-0.05, 0) is 43.9 Å². The second-order valence-electron chi connectivity index (χ2n) is 10.9. The molecule has 1 aromatic carbocycles. The van der Waals surface area contributed by atoms with Gasteiger partial charge in [0.25, 0.3) is 0 Å². The Morgan fingerprint density at radius 2 is 1.92 bits per heavy atom. The molecule has 2 aliphatic rings. The molecule has 1 N–H and O–H groups in total. The van der Waals surface area contributed by atoms with Crippen molar-refractivity contribution >= 4 is 15.9 Å². The Morgan fingerprint density at radius 3 is 2.56 bits per heavy atom. The van der Waals surface area contributed by atoms with Crippen LogP contribution >= 0.6 is 0 Å². The SMILES string of the molecule is CC(C)CC#Cc1ccc2c(c1)O[C@@H](CN(C)C(=O)C1CCCCC1)[C@@H](C)CN([C@@H](C)CO)S2(=O)=O. The van der Waals surface area contributed by atoms with Crippen LogP contribution in [0.25, 0.3) is 0 Å². The van der Waals surface area contributed by atoms with Gasteiger partial charge >= 0.3 is 0 Å². The average Bonchev–Trinajstić information content (AvgIpc) is 2.85. The molecule has 200 valence electrons. The number of benzene rings is 1. The fourth-order valence-corrected chi connectivity index (χ4v) is 6.73. The molecule has 0 bridgehead atoms. The first-order valence-electron chi connectivity index (χ1n) is 13.2. The topological polar surface area (TPSA) is 87.2 Å². The molecular formula is C28H42N2O5S.